The third-order valence-electron chi connectivity index (χ3n) is 9.96. The second-order valence-corrected chi connectivity index (χ2v) is 12.6. The molecule has 0 unspecified atom stereocenters. The van der Waals surface area contributed by atoms with E-state index in [4.69, 9.17) is 28.4 Å². The van der Waals surface area contributed by atoms with Crippen molar-refractivity contribution in [2.45, 2.75) is 37.8 Å². The lowest BCUT2D eigenvalue weighted by Gasteiger charge is -2.38. The molecule has 47 heavy (non-hydrogen) atoms. The number of ether oxygens (including phenoxy) is 6. The van der Waals surface area contributed by atoms with E-state index in [1.807, 2.05) is 24.3 Å². The van der Waals surface area contributed by atoms with Crippen LogP contribution in [0.2, 0.25) is 0 Å². The molecule has 0 amide bonds. The zero-order valence-corrected chi connectivity index (χ0v) is 27.9. The van der Waals surface area contributed by atoms with Crippen molar-refractivity contribution < 1.29 is 33.5 Å². The van der Waals surface area contributed by atoms with Crippen molar-refractivity contribution in [2.24, 2.45) is 0 Å². The van der Waals surface area contributed by atoms with Gasteiger partial charge in [-0.1, -0.05) is 18.2 Å². The molecule has 8 bridgehead atoms. The van der Waals surface area contributed by atoms with Crippen LogP contribution in [0.25, 0.3) is 0 Å². The SMILES string of the molecule is COc1cc2c3c(c1OC)Oc1c(OC)c(OC)cc4c1[C@@H](Cc1ccc(O)c(c1)Oc1ccc(cc1)C[C@@H]2N(C)CC3)N(C)CC4. The monoisotopic (exact) mass is 638 g/mol. The molecule has 4 aliphatic heterocycles. The van der Waals surface area contributed by atoms with Crippen LogP contribution >= 0.6 is 0 Å². The van der Waals surface area contributed by atoms with Crippen LogP contribution in [0, 0.1) is 0 Å². The fourth-order valence-corrected chi connectivity index (χ4v) is 7.40. The molecule has 9 nitrogen and oxygen atoms in total. The number of benzene rings is 4. The van der Waals surface area contributed by atoms with Crippen molar-refractivity contribution in [1.29, 1.82) is 0 Å². The van der Waals surface area contributed by atoms with E-state index in [2.05, 4.69) is 48.2 Å². The molecule has 0 radical (unpaired) electrons. The van der Waals surface area contributed by atoms with E-state index in [9.17, 15) is 5.11 Å². The Labute approximate surface area is 276 Å². The number of phenols is 1. The Kier molecular flexibility index (Phi) is 8.28. The highest BCUT2D eigenvalue weighted by Crippen LogP contribution is 2.54. The molecule has 9 heteroatoms. The summed E-state index contributed by atoms with van der Waals surface area (Å²) in [4.78, 5) is 4.72. The third-order valence-corrected chi connectivity index (χ3v) is 9.96. The van der Waals surface area contributed by atoms with Crippen LogP contribution < -0.4 is 28.4 Å². The van der Waals surface area contributed by atoms with Gasteiger partial charge in [0, 0.05) is 36.3 Å². The van der Waals surface area contributed by atoms with Gasteiger partial charge in [0.15, 0.2) is 34.5 Å². The van der Waals surface area contributed by atoms with Gasteiger partial charge >= 0.3 is 0 Å². The molecule has 0 spiro atoms. The summed E-state index contributed by atoms with van der Waals surface area (Å²) in [6, 6.07) is 17.9. The van der Waals surface area contributed by atoms with Crippen LogP contribution in [-0.2, 0) is 25.7 Å². The number of aromatic hydroxyl groups is 1. The van der Waals surface area contributed by atoms with Gasteiger partial charge in [-0.3, -0.25) is 9.80 Å². The van der Waals surface area contributed by atoms with Crippen molar-refractivity contribution in [3.8, 4) is 51.7 Å². The Morgan fingerprint density at radius 2 is 1.32 bits per heavy atom. The molecule has 8 rings (SSSR count). The van der Waals surface area contributed by atoms with Gasteiger partial charge < -0.3 is 33.5 Å². The van der Waals surface area contributed by atoms with E-state index in [0.29, 0.717) is 52.4 Å². The van der Waals surface area contributed by atoms with E-state index in [0.717, 1.165) is 65.7 Å². The quantitative estimate of drug-likeness (QED) is 0.258. The van der Waals surface area contributed by atoms with Crippen LogP contribution in [0.1, 0.15) is 45.5 Å². The van der Waals surface area contributed by atoms with Crippen molar-refractivity contribution in [1.82, 2.24) is 9.80 Å². The van der Waals surface area contributed by atoms with Crippen molar-refractivity contribution in [3.63, 3.8) is 0 Å². The maximum atomic E-state index is 10.8. The summed E-state index contributed by atoms with van der Waals surface area (Å²) < 4.78 is 37.4. The molecular formula is C38H42N2O7. The maximum Gasteiger partial charge on any atom is 0.204 e. The molecule has 4 aromatic carbocycles. The van der Waals surface area contributed by atoms with Crippen LogP contribution in [-0.4, -0.2) is 70.5 Å². The number of rotatable bonds is 4. The smallest absolute Gasteiger partial charge is 0.204 e. The number of hydrogen-bond acceptors (Lipinski definition) is 9. The summed E-state index contributed by atoms with van der Waals surface area (Å²) in [5, 5.41) is 10.8. The predicted octanol–water partition coefficient (Wildman–Crippen LogP) is 6.87. The van der Waals surface area contributed by atoms with E-state index in [-0.39, 0.29) is 17.8 Å². The van der Waals surface area contributed by atoms with Crippen molar-refractivity contribution in [3.05, 3.63) is 88.0 Å². The molecule has 1 N–H and O–H groups in total. The van der Waals surface area contributed by atoms with E-state index >= 15 is 0 Å². The Balaban J connectivity index is 1.51. The molecule has 4 aliphatic rings. The highest BCUT2D eigenvalue weighted by molar-refractivity contribution is 5.67. The lowest BCUT2D eigenvalue weighted by Crippen LogP contribution is -2.34. The highest BCUT2D eigenvalue weighted by Gasteiger charge is 2.36. The second-order valence-electron chi connectivity index (χ2n) is 12.6. The van der Waals surface area contributed by atoms with Gasteiger partial charge in [0.05, 0.1) is 28.4 Å². The van der Waals surface area contributed by atoms with Gasteiger partial charge in [-0.2, -0.15) is 0 Å². The van der Waals surface area contributed by atoms with Crippen LogP contribution in [0.5, 0.6) is 51.7 Å². The summed E-state index contributed by atoms with van der Waals surface area (Å²) in [7, 11) is 10.9. The van der Waals surface area contributed by atoms with Crippen LogP contribution in [0.15, 0.2) is 54.6 Å². The normalized spacial score (nSPS) is 19.0. The van der Waals surface area contributed by atoms with Crippen LogP contribution in [0.4, 0.5) is 0 Å². The summed E-state index contributed by atoms with van der Waals surface area (Å²) >= 11 is 0. The van der Waals surface area contributed by atoms with Gasteiger partial charge in [-0.15, -0.1) is 0 Å². The van der Waals surface area contributed by atoms with Gasteiger partial charge in [-0.25, -0.2) is 0 Å². The lowest BCUT2D eigenvalue weighted by atomic mass is 9.86. The number of phenolic OH excluding ortho intramolecular Hbond substituents is 1. The third kappa shape index (κ3) is 5.47. The van der Waals surface area contributed by atoms with Gasteiger partial charge in [0.1, 0.15) is 5.75 Å². The fraction of sp³-hybridized carbons (Fsp3) is 0.368. The molecule has 4 heterocycles. The zero-order valence-electron chi connectivity index (χ0n) is 27.9. The molecule has 246 valence electrons. The summed E-state index contributed by atoms with van der Waals surface area (Å²) in [5.41, 5.74) is 6.58. The highest BCUT2D eigenvalue weighted by atomic mass is 16.6. The lowest BCUT2D eigenvalue weighted by molar-refractivity contribution is 0.217. The Morgan fingerprint density at radius 3 is 2.04 bits per heavy atom. The summed E-state index contributed by atoms with van der Waals surface area (Å²) in [5.74, 6) is 4.72. The molecular weight excluding hydrogens is 596 g/mol. The van der Waals surface area contributed by atoms with E-state index in [1.165, 1.54) is 0 Å². The first kappa shape index (κ1) is 31.0. The summed E-state index contributed by atoms with van der Waals surface area (Å²) in [6.07, 6.45) is 3.01. The van der Waals surface area contributed by atoms with Gasteiger partial charge in [0.2, 0.25) is 11.5 Å². The minimum atomic E-state index is -0.0737. The first-order chi connectivity index (χ1) is 22.8. The zero-order chi connectivity index (χ0) is 32.8. The molecule has 4 aromatic rings. The second kappa shape index (κ2) is 12.5. The molecule has 0 aliphatic carbocycles. The molecule has 0 saturated heterocycles. The maximum absolute atomic E-state index is 10.8. The number of hydrogen-bond donors (Lipinski definition) is 1. The average Bonchev–Trinajstić information content (AvgIpc) is 3.08. The first-order valence-corrected chi connectivity index (χ1v) is 16.1. The Bertz CT molecular complexity index is 1810. The molecule has 2 atom stereocenters. The Morgan fingerprint density at radius 1 is 0.681 bits per heavy atom. The van der Waals surface area contributed by atoms with Crippen molar-refractivity contribution in [2.75, 3.05) is 55.6 Å². The average molecular weight is 639 g/mol. The van der Waals surface area contributed by atoms with Crippen molar-refractivity contribution >= 4 is 0 Å². The topological polar surface area (TPSA) is 82.1 Å². The minimum absolute atomic E-state index is 0.0623. The largest absolute Gasteiger partial charge is 0.504 e. The van der Waals surface area contributed by atoms with E-state index < -0.39 is 0 Å². The molecule has 0 fully saturated rings. The Hall–Kier alpha value is -4.60. The van der Waals surface area contributed by atoms with Gasteiger partial charge in [-0.05, 0) is 98.4 Å². The standard InChI is InChI=1S/C38H42N2O7/c1-39-16-14-26-27-21-33(43-4)36(44-5)35(26)47-38-34-24(20-32(42-3)37(38)45-6)13-15-40(2)29(34)18-23-9-12-30(41)31(19-23)46-25-10-7-22(8-11-25)17-28(27)39/h7-12,19-21,28-29,41H,13-18H2,1-6H3/t28-,29+/m0/s1. The van der Waals surface area contributed by atoms with Gasteiger partial charge in [0.25, 0.3) is 0 Å². The number of nitrogens with zero attached hydrogens (tertiary/aromatic N) is 2. The summed E-state index contributed by atoms with van der Waals surface area (Å²) in [6.45, 7) is 1.70. The number of likely N-dealkylation sites (N-methyl/N-ethyl adjacent to an activating group) is 2. The fourth-order valence-electron chi connectivity index (χ4n) is 7.40. The number of fused-ring (bicyclic) bond motifs is 2. The minimum Gasteiger partial charge on any atom is -0.504 e. The predicted molar refractivity (Wildman–Crippen MR) is 179 cm³/mol. The number of methoxy groups -OCH3 is 4. The molecule has 0 saturated carbocycles. The van der Waals surface area contributed by atoms with E-state index in [1.54, 1.807) is 34.5 Å². The molecule has 0 aromatic heterocycles. The van der Waals surface area contributed by atoms with Crippen LogP contribution in [0.3, 0.4) is 0 Å². The first-order valence-electron chi connectivity index (χ1n) is 16.1.